The maximum Gasteiger partial charge on any atom is 0.221 e. The first kappa shape index (κ1) is 22.8. The topological polar surface area (TPSA) is 44.8 Å². The van der Waals surface area contributed by atoms with E-state index in [9.17, 15) is 4.79 Å². The zero-order valence-corrected chi connectivity index (χ0v) is 18.4. The predicted octanol–water partition coefficient (Wildman–Crippen LogP) is 3.18. The number of rotatable bonds is 10. The van der Waals surface area contributed by atoms with Gasteiger partial charge in [-0.3, -0.25) is 4.79 Å². The third-order valence-electron chi connectivity index (χ3n) is 5.10. The summed E-state index contributed by atoms with van der Waals surface area (Å²) in [6.07, 6.45) is 7.37. The van der Waals surface area contributed by atoms with Crippen LogP contribution in [0.1, 0.15) is 26.7 Å². The van der Waals surface area contributed by atoms with Crippen LogP contribution in [0.2, 0.25) is 0 Å². The number of hydrogen-bond acceptors (Lipinski definition) is 5. The van der Waals surface area contributed by atoms with E-state index >= 15 is 0 Å². The van der Waals surface area contributed by atoms with Gasteiger partial charge >= 0.3 is 0 Å². The Morgan fingerprint density at radius 1 is 1.39 bits per heavy atom. The first-order chi connectivity index (χ1) is 13.3. The summed E-state index contributed by atoms with van der Waals surface area (Å²) in [6.45, 7) is 18.4. The van der Waals surface area contributed by atoms with E-state index in [1.165, 1.54) is 0 Å². The van der Waals surface area contributed by atoms with Gasteiger partial charge in [-0.15, -0.1) is 11.8 Å². The van der Waals surface area contributed by atoms with E-state index in [-0.39, 0.29) is 10.7 Å². The second-order valence-corrected chi connectivity index (χ2v) is 9.30. The van der Waals surface area contributed by atoms with Crippen LogP contribution in [0.15, 0.2) is 47.6 Å². The quantitative estimate of drug-likeness (QED) is 0.447. The van der Waals surface area contributed by atoms with Crippen LogP contribution in [0, 0.1) is 0 Å². The molecule has 1 unspecified atom stereocenters. The van der Waals surface area contributed by atoms with Gasteiger partial charge in [0, 0.05) is 50.6 Å². The van der Waals surface area contributed by atoms with Gasteiger partial charge in [0.15, 0.2) is 0 Å². The molecule has 0 radical (unpaired) electrons. The summed E-state index contributed by atoms with van der Waals surface area (Å²) in [4.78, 5) is 17.7. The van der Waals surface area contributed by atoms with E-state index in [1.807, 2.05) is 19.1 Å². The molecule has 0 aliphatic carbocycles. The lowest BCUT2D eigenvalue weighted by atomic mass is 10.0. The molecule has 0 spiro atoms. The number of ether oxygens (including phenoxy) is 1. The van der Waals surface area contributed by atoms with Crippen molar-refractivity contribution in [1.82, 2.24) is 15.1 Å². The molecule has 0 bridgehead atoms. The van der Waals surface area contributed by atoms with Crippen molar-refractivity contribution in [1.29, 1.82) is 0 Å². The Morgan fingerprint density at radius 3 is 2.79 bits per heavy atom. The minimum atomic E-state index is -0.235. The second kappa shape index (κ2) is 10.9. The first-order valence-electron chi connectivity index (χ1n) is 10.0. The SMILES string of the molecule is C=C/C(C)=C/C1(C)SC(=C)C=C1OCCCNC(=O)CCN1CCN(C)CC1. The number of likely N-dealkylation sites (N-methyl/N-ethyl adjacent to an activating group) is 1. The fourth-order valence-electron chi connectivity index (χ4n) is 3.32. The lowest BCUT2D eigenvalue weighted by Gasteiger charge is -2.32. The van der Waals surface area contributed by atoms with Gasteiger partial charge in [-0.1, -0.05) is 30.9 Å². The van der Waals surface area contributed by atoms with Gasteiger partial charge in [-0.2, -0.15) is 0 Å². The molecular formula is C22H35N3O2S. The van der Waals surface area contributed by atoms with Crippen LogP contribution in [0.5, 0.6) is 0 Å². The van der Waals surface area contributed by atoms with Crippen molar-refractivity contribution < 1.29 is 9.53 Å². The number of hydrogen-bond donors (Lipinski definition) is 1. The van der Waals surface area contributed by atoms with Crippen molar-refractivity contribution in [3.05, 3.63) is 47.6 Å². The summed E-state index contributed by atoms with van der Waals surface area (Å²) >= 11 is 1.69. The molecule has 1 fully saturated rings. The minimum Gasteiger partial charge on any atom is -0.496 e. The molecule has 2 heterocycles. The van der Waals surface area contributed by atoms with E-state index in [0.29, 0.717) is 19.6 Å². The van der Waals surface area contributed by atoms with Gasteiger partial charge in [-0.25, -0.2) is 0 Å². The molecular weight excluding hydrogens is 370 g/mol. The molecule has 5 nitrogen and oxygen atoms in total. The lowest BCUT2D eigenvalue weighted by Crippen LogP contribution is -2.45. The molecule has 1 N–H and O–H groups in total. The fraction of sp³-hybridized carbons (Fsp3) is 0.591. The summed E-state index contributed by atoms with van der Waals surface area (Å²) in [7, 11) is 2.14. The maximum absolute atomic E-state index is 12.0. The van der Waals surface area contributed by atoms with Crippen LogP contribution in [-0.4, -0.2) is 73.4 Å². The summed E-state index contributed by atoms with van der Waals surface area (Å²) in [5.41, 5.74) is 1.12. The van der Waals surface area contributed by atoms with E-state index < -0.39 is 0 Å². The van der Waals surface area contributed by atoms with Gasteiger partial charge < -0.3 is 19.9 Å². The van der Waals surface area contributed by atoms with Gasteiger partial charge in [-0.05, 0) is 33.4 Å². The second-order valence-electron chi connectivity index (χ2n) is 7.72. The zero-order chi connectivity index (χ0) is 20.6. The van der Waals surface area contributed by atoms with Crippen molar-refractivity contribution in [2.75, 3.05) is 52.9 Å². The number of allylic oxidation sites excluding steroid dienone is 3. The molecule has 0 aromatic heterocycles. The van der Waals surface area contributed by atoms with Gasteiger partial charge in [0.2, 0.25) is 5.91 Å². The largest absolute Gasteiger partial charge is 0.496 e. The Morgan fingerprint density at radius 2 is 2.11 bits per heavy atom. The average molecular weight is 406 g/mol. The van der Waals surface area contributed by atoms with Crippen LogP contribution in [0.25, 0.3) is 0 Å². The Labute approximate surface area is 174 Å². The summed E-state index contributed by atoms with van der Waals surface area (Å²) in [5.74, 6) is 1.04. The number of carbonyl (C=O) groups is 1. The van der Waals surface area contributed by atoms with Crippen molar-refractivity contribution in [2.45, 2.75) is 31.4 Å². The normalized spacial score (nSPS) is 24.2. The molecule has 1 saturated heterocycles. The molecule has 1 atom stereocenters. The van der Waals surface area contributed by atoms with Gasteiger partial charge in [0.1, 0.15) is 5.76 Å². The Kier molecular flexibility index (Phi) is 8.86. The van der Waals surface area contributed by atoms with Gasteiger partial charge in [0.25, 0.3) is 0 Å². The van der Waals surface area contributed by atoms with E-state index in [0.717, 1.165) is 55.4 Å². The molecule has 2 aliphatic heterocycles. The summed E-state index contributed by atoms with van der Waals surface area (Å²) in [6, 6.07) is 0. The summed E-state index contributed by atoms with van der Waals surface area (Å²) in [5, 5.41) is 3.00. The number of nitrogens with zero attached hydrogens (tertiary/aromatic N) is 2. The van der Waals surface area contributed by atoms with Crippen molar-refractivity contribution in [3.8, 4) is 0 Å². The third-order valence-corrected chi connectivity index (χ3v) is 6.22. The smallest absolute Gasteiger partial charge is 0.221 e. The highest BCUT2D eigenvalue weighted by Crippen LogP contribution is 2.46. The maximum atomic E-state index is 12.0. The Balaban J connectivity index is 1.64. The van der Waals surface area contributed by atoms with E-state index in [1.54, 1.807) is 11.8 Å². The number of carbonyl (C=O) groups excluding carboxylic acids is 1. The van der Waals surface area contributed by atoms with Crippen molar-refractivity contribution in [2.24, 2.45) is 0 Å². The molecule has 2 aliphatic rings. The highest BCUT2D eigenvalue weighted by atomic mass is 32.2. The number of piperazine rings is 1. The zero-order valence-electron chi connectivity index (χ0n) is 17.6. The van der Waals surface area contributed by atoms with Crippen LogP contribution in [-0.2, 0) is 9.53 Å². The fourth-order valence-corrected chi connectivity index (χ4v) is 4.50. The highest BCUT2D eigenvalue weighted by Gasteiger charge is 2.35. The highest BCUT2D eigenvalue weighted by molar-refractivity contribution is 8.05. The summed E-state index contributed by atoms with van der Waals surface area (Å²) < 4.78 is 5.78. The molecule has 1 amide bonds. The number of amides is 1. The molecule has 28 heavy (non-hydrogen) atoms. The number of nitrogens with one attached hydrogen (secondary N) is 1. The van der Waals surface area contributed by atoms with Crippen molar-refractivity contribution >= 4 is 17.7 Å². The molecule has 156 valence electrons. The van der Waals surface area contributed by atoms with Crippen molar-refractivity contribution in [3.63, 3.8) is 0 Å². The molecule has 0 aromatic carbocycles. The van der Waals surface area contributed by atoms with Crippen LogP contribution in [0.3, 0.4) is 0 Å². The lowest BCUT2D eigenvalue weighted by molar-refractivity contribution is -0.121. The average Bonchev–Trinajstić information content (AvgIpc) is 2.93. The van der Waals surface area contributed by atoms with E-state index in [4.69, 9.17) is 4.74 Å². The van der Waals surface area contributed by atoms with Crippen LogP contribution in [0.4, 0.5) is 0 Å². The standard InChI is InChI=1S/C22H35N3O2S/c1-6-18(2)17-22(4)20(16-19(3)28-22)27-15-7-9-23-21(26)8-10-25-13-11-24(5)12-14-25/h6,16-17H,1,3,7-15H2,2,4-5H3,(H,23,26)/b18-17+. The third kappa shape index (κ3) is 7.15. The monoisotopic (exact) mass is 405 g/mol. The van der Waals surface area contributed by atoms with Crippen LogP contribution < -0.4 is 5.32 Å². The first-order valence-corrected chi connectivity index (χ1v) is 10.9. The Bertz CT molecular complexity index is 636. The molecule has 0 saturated carbocycles. The predicted molar refractivity (Wildman–Crippen MR) is 119 cm³/mol. The van der Waals surface area contributed by atoms with E-state index in [2.05, 4.69) is 48.3 Å². The van der Waals surface area contributed by atoms with Crippen LogP contribution >= 0.6 is 11.8 Å². The number of thioether (sulfide) groups is 1. The molecule has 0 aromatic rings. The molecule has 6 heteroatoms. The minimum absolute atomic E-state index is 0.123. The Hall–Kier alpha value is -1.50. The van der Waals surface area contributed by atoms with Gasteiger partial charge in [0.05, 0.1) is 11.4 Å². The molecule has 2 rings (SSSR count).